The number of allylic oxidation sites excluding steroid dienone is 1. The number of urea groups is 1. The molecule has 19 heavy (non-hydrogen) atoms. The Labute approximate surface area is 115 Å². The van der Waals surface area contributed by atoms with Gasteiger partial charge in [0.2, 0.25) is 0 Å². The lowest BCUT2D eigenvalue weighted by Crippen LogP contribution is -2.35. The van der Waals surface area contributed by atoms with E-state index >= 15 is 0 Å². The zero-order chi connectivity index (χ0) is 14.4. The molecule has 1 heterocycles. The van der Waals surface area contributed by atoms with Crippen molar-refractivity contribution in [2.45, 2.75) is 27.3 Å². The topological polar surface area (TPSA) is 91.3 Å². The van der Waals surface area contributed by atoms with E-state index in [2.05, 4.69) is 15.6 Å². The van der Waals surface area contributed by atoms with Gasteiger partial charge in [0, 0.05) is 6.54 Å². The highest BCUT2D eigenvalue weighted by molar-refractivity contribution is 7.13. The molecule has 0 unspecified atom stereocenters. The first kappa shape index (κ1) is 15.2. The first-order valence-electron chi connectivity index (χ1n) is 5.74. The molecule has 0 aromatic carbocycles. The molecule has 6 nitrogen and oxygen atoms in total. The van der Waals surface area contributed by atoms with Crippen molar-refractivity contribution in [1.82, 2.24) is 15.6 Å². The van der Waals surface area contributed by atoms with Gasteiger partial charge < -0.3 is 15.7 Å². The molecule has 0 saturated carbocycles. The Morgan fingerprint density at radius 2 is 2.05 bits per heavy atom. The molecule has 0 spiro atoms. The number of aromatic nitrogens is 1. The summed E-state index contributed by atoms with van der Waals surface area (Å²) in [5.74, 6) is -0.991. The van der Waals surface area contributed by atoms with Crippen molar-refractivity contribution >= 4 is 23.3 Å². The summed E-state index contributed by atoms with van der Waals surface area (Å²) in [7, 11) is 0. The van der Waals surface area contributed by atoms with Crippen LogP contribution in [0.2, 0.25) is 0 Å². The number of amides is 2. The second-order valence-corrected chi connectivity index (χ2v) is 5.26. The van der Waals surface area contributed by atoms with Gasteiger partial charge >= 0.3 is 12.0 Å². The molecule has 0 atom stereocenters. The Morgan fingerprint density at radius 1 is 1.37 bits per heavy atom. The fourth-order valence-electron chi connectivity index (χ4n) is 1.29. The predicted octanol–water partition coefficient (Wildman–Crippen LogP) is 1.92. The quantitative estimate of drug-likeness (QED) is 0.720. The predicted molar refractivity (Wildman–Crippen MR) is 73.5 cm³/mol. The van der Waals surface area contributed by atoms with Crippen LogP contribution in [0, 0.1) is 6.92 Å². The third-order valence-corrected chi connectivity index (χ3v) is 3.35. The van der Waals surface area contributed by atoms with Crippen molar-refractivity contribution in [1.29, 1.82) is 0 Å². The SMILES string of the molecule is CC(C)=CCNC(=O)NCc1nc(C)c(C(=O)O)s1. The molecule has 3 N–H and O–H groups in total. The van der Waals surface area contributed by atoms with Gasteiger partial charge in [0.25, 0.3) is 0 Å². The second-order valence-electron chi connectivity index (χ2n) is 4.17. The van der Waals surface area contributed by atoms with Crippen molar-refractivity contribution in [2.75, 3.05) is 6.54 Å². The van der Waals surface area contributed by atoms with Crippen LogP contribution in [0.5, 0.6) is 0 Å². The van der Waals surface area contributed by atoms with E-state index in [0.29, 0.717) is 17.2 Å². The van der Waals surface area contributed by atoms with E-state index in [1.807, 2.05) is 19.9 Å². The zero-order valence-electron chi connectivity index (χ0n) is 11.1. The third-order valence-electron chi connectivity index (χ3n) is 2.21. The van der Waals surface area contributed by atoms with Gasteiger partial charge in [0.1, 0.15) is 9.88 Å². The van der Waals surface area contributed by atoms with E-state index in [9.17, 15) is 9.59 Å². The summed E-state index contributed by atoms with van der Waals surface area (Å²) in [5, 5.41) is 14.8. The summed E-state index contributed by atoms with van der Waals surface area (Å²) in [6.07, 6.45) is 1.90. The molecule has 7 heteroatoms. The number of nitrogens with zero attached hydrogens (tertiary/aromatic N) is 1. The molecule has 1 aromatic heterocycles. The minimum atomic E-state index is -0.991. The number of carboxylic acids is 1. The summed E-state index contributed by atoms with van der Waals surface area (Å²) in [5.41, 5.74) is 1.60. The average molecular weight is 283 g/mol. The van der Waals surface area contributed by atoms with Gasteiger partial charge in [-0.25, -0.2) is 14.6 Å². The van der Waals surface area contributed by atoms with Crippen LogP contribution in [0.4, 0.5) is 4.79 Å². The van der Waals surface area contributed by atoms with Crippen LogP contribution >= 0.6 is 11.3 Å². The molecule has 0 radical (unpaired) electrons. The highest BCUT2D eigenvalue weighted by Gasteiger charge is 2.13. The molecule has 0 aliphatic rings. The fourth-order valence-corrected chi connectivity index (χ4v) is 2.14. The lowest BCUT2D eigenvalue weighted by atomic mass is 10.3. The van der Waals surface area contributed by atoms with Crippen molar-refractivity contribution in [3.63, 3.8) is 0 Å². The largest absolute Gasteiger partial charge is 0.477 e. The number of aromatic carboxylic acids is 1. The Balaban J connectivity index is 2.44. The first-order valence-corrected chi connectivity index (χ1v) is 6.56. The molecule has 2 amide bonds. The Bertz CT molecular complexity index is 504. The molecule has 1 aromatic rings. The third kappa shape index (κ3) is 5.09. The van der Waals surface area contributed by atoms with Gasteiger partial charge in [0.05, 0.1) is 12.2 Å². The number of carbonyl (C=O) groups excluding carboxylic acids is 1. The normalized spacial score (nSPS) is 9.84. The summed E-state index contributed by atoms with van der Waals surface area (Å²) >= 11 is 1.07. The lowest BCUT2D eigenvalue weighted by molar-refractivity contribution is 0.0701. The van der Waals surface area contributed by atoms with Gasteiger partial charge in [0.15, 0.2) is 0 Å². The Hall–Kier alpha value is -1.89. The molecule has 1 rings (SSSR count). The van der Waals surface area contributed by atoms with Crippen LogP contribution in [0.25, 0.3) is 0 Å². The van der Waals surface area contributed by atoms with Crippen molar-refractivity contribution in [3.05, 3.63) is 27.2 Å². The van der Waals surface area contributed by atoms with Crippen molar-refractivity contribution in [3.8, 4) is 0 Å². The first-order chi connectivity index (χ1) is 8.90. The summed E-state index contributed by atoms with van der Waals surface area (Å²) < 4.78 is 0. The highest BCUT2D eigenvalue weighted by atomic mass is 32.1. The van der Waals surface area contributed by atoms with E-state index in [1.165, 1.54) is 0 Å². The standard InChI is InChI=1S/C12H17N3O3S/c1-7(2)4-5-13-12(18)14-6-9-15-8(3)10(19-9)11(16)17/h4H,5-6H2,1-3H3,(H,16,17)(H2,13,14,18). The molecule has 104 valence electrons. The number of carboxylic acid groups (broad SMARTS) is 1. The van der Waals surface area contributed by atoms with Crippen LogP contribution in [0.15, 0.2) is 11.6 Å². The number of hydrogen-bond acceptors (Lipinski definition) is 4. The van der Waals surface area contributed by atoms with Crippen molar-refractivity contribution in [2.24, 2.45) is 0 Å². The number of aryl methyl sites for hydroxylation is 1. The highest BCUT2D eigenvalue weighted by Crippen LogP contribution is 2.17. The maximum atomic E-state index is 11.4. The van der Waals surface area contributed by atoms with E-state index < -0.39 is 5.97 Å². The summed E-state index contributed by atoms with van der Waals surface area (Å²) in [4.78, 5) is 26.6. The van der Waals surface area contributed by atoms with Crippen LogP contribution in [-0.4, -0.2) is 28.6 Å². The molecule has 0 saturated heterocycles. The minimum absolute atomic E-state index is 0.210. The summed E-state index contributed by atoms with van der Waals surface area (Å²) in [6, 6.07) is -0.303. The molecule has 0 aliphatic carbocycles. The maximum absolute atomic E-state index is 11.4. The van der Waals surface area contributed by atoms with Crippen LogP contribution in [0.1, 0.15) is 34.2 Å². The van der Waals surface area contributed by atoms with E-state index in [4.69, 9.17) is 5.11 Å². The number of thiazole rings is 1. The van der Waals surface area contributed by atoms with Gasteiger partial charge in [-0.3, -0.25) is 0 Å². The van der Waals surface area contributed by atoms with Crippen molar-refractivity contribution < 1.29 is 14.7 Å². The minimum Gasteiger partial charge on any atom is -0.477 e. The Morgan fingerprint density at radius 3 is 2.58 bits per heavy atom. The number of rotatable bonds is 5. The van der Waals surface area contributed by atoms with Gasteiger partial charge in [-0.05, 0) is 20.8 Å². The maximum Gasteiger partial charge on any atom is 0.347 e. The van der Waals surface area contributed by atoms with Gasteiger partial charge in [-0.1, -0.05) is 11.6 Å². The van der Waals surface area contributed by atoms with Crippen LogP contribution in [0.3, 0.4) is 0 Å². The number of hydrogen-bond donors (Lipinski definition) is 3. The number of carbonyl (C=O) groups is 2. The summed E-state index contributed by atoms with van der Waals surface area (Å²) in [6.45, 7) is 6.22. The van der Waals surface area contributed by atoms with E-state index in [-0.39, 0.29) is 17.5 Å². The second kappa shape index (κ2) is 6.89. The van der Waals surface area contributed by atoms with Gasteiger partial charge in [-0.15, -0.1) is 11.3 Å². The molecule has 0 fully saturated rings. The fraction of sp³-hybridized carbons (Fsp3) is 0.417. The monoisotopic (exact) mass is 283 g/mol. The van der Waals surface area contributed by atoms with E-state index in [0.717, 1.165) is 16.9 Å². The average Bonchev–Trinajstić information content (AvgIpc) is 2.67. The zero-order valence-corrected chi connectivity index (χ0v) is 11.9. The van der Waals surface area contributed by atoms with Crippen LogP contribution in [-0.2, 0) is 6.54 Å². The molecular weight excluding hydrogens is 266 g/mol. The lowest BCUT2D eigenvalue weighted by Gasteiger charge is -2.03. The smallest absolute Gasteiger partial charge is 0.347 e. The van der Waals surface area contributed by atoms with Gasteiger partial charge in [-0.2, -0.15) is 0 Å². The van der Waals surface area contributed by atoms with Crippen LogP contribution < -0.4 is 10.6 Å². The Kier molecular flexibility index (Phi) is 5.50. The van der Waals surface area contributed by atoms with E-state index in [1.54, 1.807) is 6.92 Å². The molecule has 0 aliphatic heterocycles. The molecule has 0 bridgehead atoms. The number of nitrogens with one attached hydrogen (secondary N) is 2. The molecular formula is C12H17N3O3S.